The van der Waals surface area contributed by atoms with E-state index in [1.807, 2.05) is 0 Å². The summed E-state index contributed by atoms with van der Waals surface area (Å²) in [6.07, 6.45) is 0. The van der Waals surface area contributed by atoms with Crippen molar-refractivity contribution in [3.63, 3.8) is 0 Å². The molecule has 1 saturated heterocycles. The standard InChI is InChI=1S/C11H12N2O5S.Re/c14-6-8(15)12-9-10(16)13-11(9)19(17,18)7-4-2-1-3-5-7;/h1-5,9,11,14H,6H2,(H,12,15)(H,13,16);/t9-,11+;/m1./s1. The Morgan fingerprint density at radius 2 is 1.90 bits per heavy atom. The number of carbonyl (C=O) groups excluding carboxylic acids is 2. The van der Waals surface area contributed by atoms with E-state index in [2.05, 4.69) is 10.6 Å². The summed E-state index contributed by atoms with van der Waals surface area (Å²) in [6, 6.07) is 6.44. The van der Waals surface area contributed by atoms with E-state index in [0.29, 0.717) is 0 Å². The van der Waals surface area contributed by atoms with Gasteiger partial charge in [0.2, 0.25) is 21.7 Å². The van der Waals surface area contributed by atoms with E-state index in [-0.39, 0.29) is 25.3 Å². The minimum Gasteiger partial charge on any atom is -0.387 e. The van der Waals surface area contributed by atoms with E-state index in [9.17, 15) is 18.0 Å². The molecule has 0 bridgehead atoms. The van der Waals surface area contributed by atoms with Crippen molar-refractivity contribution in [1.29, 1.82) is 0 Å². The van der Waals surface area contributed by atoms with Crippen molar-refractivity contribution in [3.05, 3.63) is 30.3 Å². The number of nitrogens with one attached hydrogen (secondary N) is 2. The first-order chi connectivity index (χ1) is 8.96. The second-order valence-electron chi connectivity index (χ2n) is 3.99. The van der Waals surface area contributed by atoms with E-state index in [1.54, 1.807) is 18.2 Å². The molecule has 7 nitrogen and oxygen atoms in total. The van der Waals surface area contributed by atoms with Gasteiger partial charge in [-0.15, -0.1) is 0 Å². The number of amides is 2. The number of sulfone groups is 1. The van der Waals surface area contributed by atoms with Gasteiger partial charge in [-0.3, -0.25) is 9.59 Å². The number of rotatable bonds is 4. The van der Waals surface area contributed by atoms with Gasteiger partial charge in [-0.25, -0.2) is 8.42 Å². The Bertz CT molecular complexity index is 604. The van der Waals surface area contributed by atoms with E-state index >= 15 is 0 Å². The Morgan fingerprint density at radius 1 is 1.30 bits per heavy atom. The van der Waals surface area contributed by atoms with Gasteiger partial charge in [0.1, 0.15) is 12.6 Å². The van der Waals surface area contributed by atoms with Crippen LogP contribution in [0.3, 0.4) is 0 Å². The van der Waals surface area contributed by atoms with Crippen molar-refractivity contribution in [3.8, 4) is 0 Å². The van der Waals surface area contributed by atoms with E-state index in [1.165, 1.54) is 12.1 Å². The Hall–Kier alpha value is -1.27. The van der Waals surface area contributed by atoms with Crippen molar-refractivity contribution in [2.75, 3.05) is 6.61 Å². The zero-order chi connectivity index (χ0) is 14.0. The molecule has 1 radical (unpaired) electrons. The first-order valence-corrected chi connectivity index (χ1v) is 7.01. The van der Waals surface area contributed by atoms with Crippen molar-refractivity contribution in [2.45, 2.75) is 16.3 Å². The third kappa shape index (κ3) is 3.07. The van der Waals surface area contributed by atoms with Crippen LogP contribution >= 0.6 is 0 Å². The molecule has 0 aliphatic carbocycles. The second kappa shape index (κ2) is 6.46. The molecule has 2 atom stereocenters. The van der Waals surface area contributed by atoms with Crippen LogP contribution < -0.4 is 10.6 Å². The maximum atomic E-state index is 12.2. The maximum Gasteiger partial charge on any atom is 0.246 e. The maximum absolute atomic E-state index is 12.2. The fraction of sp³-hybridized carbons (Fsp3) is 0.273. The summed E-state index contributed by atoms with van der Waals surface area (Å²) < 4.78 is 24.4. The smallest absolute Gasteiger partial charge is 0.246 e. The average molecular weight is 470 g/mol. The summed E-state index contributed by atoms with van der Waals surface area (Å²) in [7, 11) is -3.77. The molecular formula is C11H12N2O5ReS. The molecule has 0 unspecified atom stereocenters. The molecular weight excluding hydrogens is 458 g/mol. The van der Waals surface area contributed by atoms with Gasteiger partial charge in [0.15, 0.2) is 5.37 Å². The number of aliphatic hydroxyl groups excluding tert-OH is 1. The monoisotopic (exact) mass is 471 g/mol. The molecule has 1 aromatic carbocycles. The third-order valence-corrected chi connectivity index (χ3v) is 4.72. The number of carbonyl (C=O) groups is 2. The van der Waals surface area contributed by atoms with E-state index in [0.717, 1.165) is 0 Å². The summed E-state index contributed by atoms with van der Waals surface area (Å²) in [4.78, 5) is 22.4. The van der Waals surface area contributed by atoms with Gasteiger partial charge in [0.05, 0.1) is 4.90 Å². The molecule has 0 saturated carbocycles. The van der Waals surface area contributed by atoms with Gasteiger partial charge in [-0.05, 0) is 12.1 Å². The molecule has 1 aliphatic rings. The van der Waals surface area contributed by atoms with Crippen LogP contribution in [0.2, 0.25) is 0 Å². The minimum absolute atomic E-state index is 0. The zero-order valence-electron chi connectivity index (χ0n) is 10.1. The molecule has 1 aromatic rings. The van der Waals surface area contributed by atoms with Crippen LogP contribution in [0.5, 0.6) is 0 Å². The number of benzene rings is 1. The Kier molecular flexibility index (Phi) is 5.42. The minimum atomic E-state index is -3.77. The number of hydrogen-bond donors (Lipinski definition) is 3. The third-order valence-electron chi connectivity index (χ3n) is 2.74. The fourth-order valence-electron chi connectivity index (χ4n) is 1.73. The number of β-lactam (4-membered cyclic amide) rings is 1. The van der Waals surface area contributed by atoms with Crippen LogP contribution in [-0.4, -0.2) is 43.4 Å². The second-order valence-corrected chi connectivity index (χ2v) is 6.06. The summed E-state index contributed by atoms with van der Waals surface area (Å²) in [6.45, 7) is -0.804. The molecule has 20 heavy (non-hydrogen) atoms. The summed E-state index contributed by atoms with van der Waals surface area (Å²) in [5.41, 5.74) is 0. The van der Waals surface area contributed by atoms with Crippen molar-refractivity contribution >= 4 is 21.7 Å². The van der Waals surface area contributed by atoms with Crippen LogP contribution in [0.15, 0.2) is 35.2 Å². The van der Waals surface area contributed by atoms with Crippen LogP contribution in [0.4, 0.5) is 0 Å². The molecule has 2 rings (SSSR count). The molecule has 1 aliphatic heterocycles. The van der Waals surface area contributed by atoms with E-state index < -0.39 is 39.7 Å². The predicted molar refractivity (Wildman–Crippen MR) is 64.6 cm³/mol. The quantitative estimate of drug-likeness (QED) is 0.459. The number of aliphatic hydroxyl groups is 1. The molecule has 0 aromatic heterocycles. The summed E-state index contributed by atoms with van der Waals surface area (Å²) in [5.74, 6) is -1.39. The van der Waals surface area contributed by atoms with Crippen molar-refractivity contribution in [1.82, 2.24) is 10.6 Å². The van der Waals surface area contributed by atoms with Gasteiger partial charge in [-0.1, -0.05) is 18.2 Å². The molecule has 1 fully saturated rings. The first kappa shape index (κ1) is 16.8. The topological polar surface area (TPSA) is 113 Å². The van der Waals surface area contributed by atoms with Crippen LogP contribution in [-0.2, 0) is 39.8 Å². The molecule has 3 N–H and O–H groups in total. The van der Waals surface area contributed by atoms with Crippen LogP contribution in [0, 0.1) is 0 Å². The van der Waals surface area contributed by atoms with Crippen molar-refractivity contribution in [2.24, 2.45) is 0 Å². The molecule has 109 valence electrons. The van der Waals surface area contributed by atoms with Gasteiger partial charge in [-0.2, -0.15) is 0 Å². The molecule has 0 spiro atoms. The zero-order valence-corrected chi connectivity index (χ0v) is 13.6. The molecule has 1 heterocycles. The molecule has 2 amide bonds. The Balaban J connectivity index is 0.00000200. The molecule has 9 heteroatoms. The van der Waals surface area contributed by atoms with Gasteiger partial charge < -0.3 is 15.7 Å². The number of hydrogen-bond acceptors (Lipinski definition) is 5. The van der Waals surface area contributed by atoms with Crippen LogP contribution in [0.1, 0.15) is 0 Å². The normalized spacial score (nSPS) is 21.1. The van der Waals surface area contributed by atoms with E-state index in [4.69, 9.17) is 5.11 Å². The Labute approximate surface area is 129 Å². The average Bonchev–Trinajstić information content (AvgIpc) is 2.42. The van der Waals surface area contributed by atoms with Gasteiger partial charge in [0.25, 0.3) is 0 Å². The SMILES string of the molecule is O=C(CO)N[C@@H]1C(=O)N[C@H]1S(=O)(=O)c1ccccc1.[Re]. The largest absolute Gasteiger partial charge is 0.387 e. The van der Waals surface area contributed by atoms with Gasteiger partial charge in [0, 0.05) is 20.4 Å². The first-order valence-electron chi connectivity index (χ1n) is 5.46. The fourth-order valence-corrected chi connectivity index (χ4v) is 3.38. The summed E-state index contributed by atoms with van der Waals surface area (Å²) in [5, 5.41) is 11.8. The predicted octanol–water partition coefficient (Wildman–Crippen LogP) is -1.61. The summed E-state index contributed by atoms with van der Waals surface area (Å²) >= 11 is 0. The van der Waals surface area contributed by atoms with Crippen molar-refractivity contribution < 1.29 is 43.5 Å². The van der Waals surface area contributed by atoms with Crippen LogP contribution in [0.25, 0.3) is 0 Å². The van der Waals surface area contributed by atoms with Gasteiger partial charge >= 0.3 is 0 Å². The Morgan fingerprint density at radius 3 is 2.40 bits per heavy atom.